The lowest BCUT2D eigenvalue weighted by Crippen LogP contribution is -2.52. The Morgan fingerprint density at radius 2 is 1.96 bits per heavy atom. The Morgan fingerprint density at radius 3 is 2.61 bits per heavy atom. The second-order valence-corrected chi connectivity index (χ2v) is 8.13. The molecule has 0 aliphatic heterocycles. The van der Waals surface area contributed by atoms with Crippen molar-refractivity contribution in [3.8, 4) is 16.6 Å². The second kappa shape index (κ2) is 8.72. The first-order valence-electron chi connectivity index (χ1n) is 9.08. The number of esters is 1. The lowest BCUT2D eigenvalue weighted by Gasteiger charge is -2.32. The van der Waals surface area contributed by atoms with Crippen molar-refractivity contribution in [2.45, 2.75) is 50.7 Å². The van der Waals surface area contributed by atoms with Crippen molar-refractivity contribution in [2.24, 2.45) is 0 Å². The van der Waals surface area contributed by atoms with Crippen LogP contribution in [0.3, 0.4) is 0 Å². The van der Waals surface area contributed by atoms with Crippen LogP contribution in [0.5, 0.6) is 0 Å². The van der Waals surface area contributed by atoms with Gasteiger partial charge >= 0.3 is 5.97 Å². The number of ether oxygens (including phenoxy) is 1. The van der Waals surface area contributed by atoms with E-state index in [1.807, 2.05) is 12.1 Å². The standard InChI is InChI=1S/C20H20ClN3O3S/c1-13(17(25)24-20(12-22)9-3-2-4-10-20)27-19(26)16-11-28-18(23-16)14-5-7-15(21)8-6-14/h5-8,11,13H,2-4,9-10H2,1H3,(H,24,25). The fourth-order valence-electron chi connectivity index (χ4n) is 3.12. The molecule has 2 aromatic rings. The van der Waals surface area contributed by atoms with Crippen LogP contribution in [0.25, 0.3) is 10.6 Å². The number of nitriles is 1. The van der Waals surface area contributed by atoms with Crippen molar-refractivity contribution in [2.75, 3.05) is 0 Å². The second-order valence-electron chi connectivity index (χ2n) is 6.84. The van der Waals surface area contributed by atoms with E-state index in [4.69, 9.17) is 16.3 Å². The van der Waals surface area contributed by atoms with E-state index >= 15 is 0 Å². The van der Waals surface area contributed by atoms with Gasteiger partial charge in [-0.15, -0.1) is 11.3 Å². The smallest absolute Gasteiger partial charge is 0.358 e. The van der Waals surface area contributed by atoms with Crippen LogP contribution < -0.4 is 5.32 Å². The Kier molecular flexibility index (Phi) is 6.32. The molecule has 1 amide bonds. The Balaban J connectivity index is 1.62. The quantitative estimate of drug-likeness (QED) is 0.730. The molecule has 3 rings (SSSR count). The minimum atomic E-state index is -1.01. The monoisotopic (exact) mass is 417 g/mol. The zero-order valence-corrected chi connectivity index (χ0v) is 17.0. The van der Waals surface area contributed by atoms with Crippen LogP contribution in [0.15, 0.2) is 29.6 Å². The lowest BCUT2D eigenvalue weighted by molar-refractivity contribution is -0.130. The minimum absolute atomic E-state index is 0.141. The van der Waals surface area contributed by atoms with Gasteiger partial charge in [-0.25, -0.2) is 9.78 Å². The molecule has 1 aromatic carbocycles. The number of nitrogens with one attached hydrogen (secondary N) is 1. The van der Waals surface area contributed by atoms with Crippen molar-refractivity contribution >= 4 is 34.8 Å². The molecular formula is C20H20ClN3O3S. The highest BCUT2D eigenvalue weighted by atomic mass is 35.5. The van der Waals surface area contributed by atoms with Crippen LogP contribution >= 0.6 is 22.9 Å². The molecule has 0 spiro atoms. The molecular weight excluding hydrogens is 398 g/mol. The average molecular weight is 418 g/mol. The summed E-state index contributed by atoms with van der Waals surface area (Å²) in [5.41, 5.74) is 0.119. The summed E-state index contributed by atoms with van der Waals surface area (Å²) in [5, 5.41) is 15.1. The third kappa shape index (κ3) is 4.70. The third-order valence-electron chi connectivity index (χ3n) is 4.74. The van der Waals surface area contributed by atoms with Gasteiger partial charge in [0.1, 0.15) is 10.5 Å². The van der Waals surface area contributed by atoms with E-state index in [0.29, 0.717) is 22.9 Å². The summed E-state index contributed by atoms with van der Waals surface area (Å²) in [5.74, 6) is -1.14. The summed E-state index contributed by atoms with van der Waals surface area (Å²) < 4.78 is 5.26. The lowest BCUT2D eigenvalue weighted by atomic mass is 9.83. The van der Waals surface area contributed by atoms with Crippen molar-refractivity contribution in [3.63, 3.8) is 0 Å². The molecule has 0 saturated heterocycles. The summed E-state index contributed by atoms with van der Waals surface area (Å²) in [7, 11) is 0. The molecule has 1 heterocycles. The van der Waals surface area contributed by atoms with E-state index in [0.717, 1.165) is 24.8 Å². The highest BCUT2D eigenvalue weighted by Crippen LogP contribution is 2.28. The van der Waals surface area contributed by atoms with Crippen molar-refractivity contribution < 1.29 is 14.3 Å². The number of nitrogens with zero attached hydrogens (tertiary/aromatic N) is 2. The number of rotatable bonds is 5. The van der Waals surface area contributed by atoms with Gasteiger partial charge in [0.15, 0.2) is 11.8 Å². The first kappa shape index (κ1) is 20.3. The van der Waals surface area contributed by atoms with Gasteiger partial charge in [0, 0.05) is 16.0 Å². The van der Waals surface area contributed by atoms with Crippen LogP contribution in [-0.4, -0.2) is 28.5 Å². The van der Waals surface area contributed by atoms with E-state index in [9.17, 15) is 14.9 Å². The number of carbonyl (C=O) groups is 2. The summed E-state index contributed by atoms with van der Waals surface area (Å²) in [6, 6.07) is 9.35. The summed E-state index contributed by atoms with van der Waals surface area (Å²) >= 11 is 7.19. The highest BCUT2D eigenvalue weighted by molar-refractivity contribution is 7.13. The Labute approximate surface area is 172 Å². The van der Waals surface area contributed by atoms with Gasteiger partial charge in [-0.05, 0) is 31.9 Å². The normalized spacial score (nSPS) is 16.6. The van der Waals surface area contributed by atoms with Crippen LogP contribution in [0.1, 0.15) is 49.5 Å². The molecule has 0 bridgehead atoms. The van der Waals surface area contributed by atoms with Crippen LogP contribution in [0, 0.1) is 11.3 Å². The average Bonchev–Trinajstić information content (AvgIpc) is 3.19. The number of aromatic nitrogens is 1. The SMILES string of the molecule is CC(OC(=O)c1csc(-c2ccc(Cl)cc2)n1)C(=O)NC1(C#N)CCCCC1. The highest BCUT2D eigenvalue weighted by Gasteiger charge is 2.35. The molecule has 1 aromatic heterocycles. The molecule has 1 saturated carbocycles. The summed E-state index contributed by atoms with van der Waals surface area (Å²) in [4.78, 5) is 29.1. The number of carbonyl (C=O) groups excluding carboxylic acids is 2. The van der Waals surface area contributed by atoms with Gasteiger partial charge in [-0.1, -0.05) is 43.0 Å². The van der Waals surface area contributed by atoms with Gasteiger partial charge in [0.2, 0.25) is 0 Å². The summed E-state index contributed by atoms with van der Waals surface area (Å²) in [6.07, 6.45) is 3.07. The maximum atomic E-state index is 12.4. The number of hydrogen-bond donors (Lipinski definition) is 1. The van der Waals surface area contributed by atoms with E-state index in [2.05, 4.69) is 16.4 Å². The third-order valence-corrected chi connectivity index (χ3v) is 5.88. The van der Waals surface area contributed by atoms with Crippen molar-refractivity contribution in [1.29, 1.82) is 5.26 Å². The van der Waals surface area contributed by atoms with E-state index in [1.54, 1.807) is 17.5 Å². The maximum absolute atomic E-state index is 12.4. The molecule has 1 fully saturated rings. The number of halogens is 1. The number of amides is 1. The number of benzene rings is 1. The Bertz CT molecular complexity index is 898. The largest absolute Gasteiger partial charge is 0.448 e. The molecule has 0 radical (unpaired) electrons. The first-order chi connectivity index (χ1) is 13.4. The van der Waals surface area contributed by atoms with Gasteiger partial charge < -0.3 is 10.1 Å². The fourth-order valence-corrected chi connectivity index (χ4v) is 4.05. The van der Waals surface area contributed by atoms with Gasteiger partial charge in [-0.2, -0.15) is 5.26 Å². The molecule has 8 heteroatoms. The maximum Gasteiger partial charge on any atom is 0.358 e. The van der Waals surface area contributed by atoms with Crippen LogP contribution in [-0.2, 0) is 9.53 Å². The molecule has 6 nitrogen and oxygen atoms in total. The Hall–Kier alpha value is -2.43. The molecule has 1 unspecified atom stereocenters. The molecule has 28 heavy (non-hydrogen) atoms. The van der Waals surface area contributed by atoms with E-state index in [1.165, 1.54) is 18.3 Å². The van der Waals surface area contributed by atoms with E-state index < -0.39 is 23.5 Å². The predicted octanol–water partition coefficient (Wildman–Crippen LogP) is 4.35. The zero-order valence-electron chi connectivity index (χ0n) is 15.4. The molecule has 1 aliphatic carbocycles. The van der Waals surface area contributed by atoms with Crippen molar-refractivity contribution in [3.05, 3.63) is 40.4 Å². The fraction of sp³-hybridized carbons (Fsp3) is 0.400. The predicted molar refractivity (Wildman–Crippen MR) is 107 cm³/mol. The minimum Gasteiger partial charge on any atom is -0.448 e. The van der Waals surface area contributed by atoms with Crippen LogP contribution in [0.2, 0.25) is 5.02 Å². The van der Waals surface area contributed by atoms with E-state index in [-0.39, 0.29) is 5.69 Å². The van der Waals surface area contributed by atoms with Crippen LogP contribution in [0.4, 0.5) is 0 Å². The van der Waals surface area contributed by atoms with Gasteiger partial charge in [0.05, 0.1) is 6.07 Å². The zero-order chi connectivity index (χ0) is 20.1. The molecule has 146 valence electrons. The number of thiazole rings is 1. The molecule has 1 atom stereocenters. The van der Waals surface area contributed by atoms with Crippen molar-refractivity contribution in [1.82, 2.24) is 10.3 Å². The molecule has 1 N–H and O–H groups in total. The van der Waals surface area contributed by atoms with Gasteiger partial charge in [-0.3, -0.25) is 4.79 Å². The topological polar surface area (TPSA) is 92.1 Å². The molecule has 1 aliphatic rings. The number of hydrogen-bond acceptors (Lipinski definition) is 6. The first-order valence-corrected chi connectivity index (χ1v) is 10.3. The Morgan fingerprint density at radius 1 is 1.29 bits per heavy atom. The summed E-state index contributed by atoms with van der Waals surface area (Å²) in [6.45, 7) is 1.49. The van der Waals surface area contributed by atoms with Gasteiger partial charge in [0.25, 0.3) is 5.91 Å².